The lowest BCUT2D eigenvalue weighted by atomic mass is 9.97. The summed E-state index contributed by atoms with van der Waals surface area (Å²) < 4.78 is 0. The van der Waals surface area contributed by atoms with E-state index in [9.17, 15) is 9.59 Å². The Kier molecular flexibility index (Phi) is 6.45. The molecule has 1 fully saturated rings. The molecule has 0 aromatic heterocycles. The van der Waals surface area contributed by atoms with Crippen molar-refractivity contribution in [3.05, 3.63) is 0 Å². The number of hydrogen-bond donors (Lipinski definition) is 3. The van der Waals surface area contributed by atoms with Crippen molar-refractivity contribution < 1.29 is 19.5 Å². The van der Waals surface area contributed by atoms with Crippen LogP contribution in [0.4, 0.5) is 4.79 Å². The van der Waals surface area contributed by atoms with Crippen LogP contribution in [0.25, 0.3) is 0 Å². The van der Waals surface area contributed by atoms with Crippen LogP contribution in [0.5, 0.6) is 0 Å². The highest BCUT2D eigenvalue weighted by molar-refractivity contribution is 5.73. The van der Waals surface area contributed by atoms with Crippen LogP contribution in [0.2, 0.25) is 0 Å². The fraction of sp³-hybridized carbons (Fsp3) is 0.818. The van der Waals surface area contributed by atoms with E-state index in [2.05, 4.69) is 22.0 Å². The van der Waals surface area contributed by atoms with E-state index in [0.717, 1.165) is 32.5 Å². The van der Waals surface area contributed by atoms with Crippen LogP contribution >= 0.6 is 0 Å². The molecule has 3 N–H and O–H groups in total. The highest BCUT2D eigenvalue weighted by Gasteiger charge is 2.18. The third kappa shape index (κ3) is 5.83. The van der Waals surface area contributed by atoms with Gasteiger partial charge in [0.2, 0.25) is 0 Å². The molecule has 1 heterocycles. The number of nitrogens with zero attached hydrogens (tertiary/aromatic N) is 1. The van der Waals surface area contributed by atoms with E-state index in [4.69, 9.17) is 5.11 Å². The second-order valence-electron chi connectivity index (χ2n) is 4.37. The van der Waals surface area contributed by atoms with Crippen molar-refractivity contribution in [2.24, 2.45) is 5.92 Å². The van der Waals surface area contributed by atoms with Gasteiger partial charge in [-0.1, -0.05) is 6.92 Å². The third-order valence-electron chi connectivity index (χ3n) is 3.07. The molecule has 0 aliphatic carbocycles. The summed E-state index contributed by atoms with van der Waals surface area (Å²) >= 11 is 0. The molecule has 1 rings (SSSR count). The first-order chi connectivity index (χ1) is 8.61. The monoisotopic (exact) mass is 259 g/mol. The summed E-state index contributed by atoms with van der Waals surface area (Å²) in [5.74, 6) is -0.639. The summed E-state index contributed by atoms with van der Waals surface area (Å²) in [4.78, 5) is 28.2. The topological polar surface area (TPSA) is 90.9 Å². The van der Waals surface area contributed by atoms with Crippen molar-refractivity contribution in [1.82, 2.24) is 15.7 Å². The number of rotatable bonds is 6. The number of nitrogens with one attached hydrogen (secondary N) is 2. The Balaban J connectivity index is 2.06. The summed E-state index contributed by atoms with van der Waals surface area (Å²) in [5.41, 5.74) is 2.03. The minimum absolute atomic E-state index is 0.484. The average molecular weight is 259 g/mol. The van der Waals surface area contributed by atoms with Gasteiger partial charge in [0.05, 0.1) is 0 Å². The quantitative estimate of drug-likeness (QED) is 0.586. The molecule has 1 saturated heterocycles. The SMILES string of the molecule is CCN1CCC(CNC(=O)NOCC(=O)O)CC1. The van der Waals surface area contributed by atoms with E-state index in [-0.39, 0.29) is 0 Å². The first kappa shape index (κ1) is 14.7. The van der Waals surface area contributed by atoms with Crippen LogP contribution in [0, 0.1) is 5.92 Å². The molecule has 104 valence electrons. The van der Waals surface area contributed by atoms with Gasteiger partial charge in [-0.05, 0) is 38.4 Å². The molecule has 0 radical (unpaired) electrons. The van der Waals surface area contributed by atoms with Gasteiger partial charge in [-0.3, -0.25) is 4.84 Å². The Labute approximate surface area is 106 Å². The molecule has 0 saturated carbocycles. The van der Waals surface area contributed by atoms with Gasteiger partial charge in [0, 0.05) is 6.54 Å². The van der Waals surface area contributed by atoms with Crippen molar-refractivity contribution in [1.29, 1.82) is 0 Å². The molecule has 0 spiro atoms. The lowest BCUT2D eigenvalue weighted by Gasteiger charge is -2.30. The van der Waals surface area contributed by atoms with Gasteiger partial charge >= 0.3 is 12.0 Å². The van der Waals surface area contributed by atoms with Gasteiger partial charge in [0.25, 0.3) is 0 Å². The van der Waals surface area contributed by atoms with Crippen molar-refractivity contribution >= 4 is 12.0 Å². The van der Waals surface area contributed by atoms with Crippen molar-refractivity contribution in [3.8, 4) is 0 Å². The Hall–Kier alpha value is -1.34. The van der Waals surface area contributed by atoms with Crippen LogP contribution in [0.1, 0.15) is 19.8 Å². The Bertz CT molecular complexity index is 277. The van der Waals surface area contributed by atoms with E-state index < -0.39 is 18.6 Å². The molecule has 0 aromatic rings. The summed E-state index contributed by atoms with van der Waals surface area (Å²) in [6.45, 7) is 5.41. The van der Waals surface area contributed by atoms with Crippen LogP contribution < -0.4 is 10.8 Å². The van der Waals surface area contributed by atoms with Crippen LogP contribution in [-0.2, 0) is 9.63 Å². The van der Waals surface area contributed by atoms with E-state index in [1.54, 1.807) is 0 Å². The zero-order valence-electron chi connectivity index (χ0n) is 10.6. The maximum absolute atomic E-state index is 11.2. The smallest absolute Gasteiger partial charge is 0.338 e. The van der Waals surface area contributed by atoms with Crippen LogP contribution in [0.15, 0.2) is 0 Å². The first-order valence-corrected chi connectivity index (χ1v) is 6.21. The van der Waals surface area contributed by atoms with Crippen molar-refractivity contribution in [2.75, 3.05) is 32.8 Å². The number of carbonyl (C=O) groups excluding carboxylic acids is 1. The zero-order chi connectivity index (χ0) is 13.4. The van der Waals surface area contributed by atoms with Crippen molar-refractivity contribution in [2.45, 2.75) is 19.8 Å². The normalized spacial score (nSPS) is 17.4. The molecule has 0 unspecified atom stereocenters. The van der Waals surface area contributed by atoms with Crippen LogP contribution in [-0.4, -0.2) is 54.8 Å². The predicted molar refractivity (Wildman–Crippen MR) is 65.0 cm³/mol. The second-order valence-corrected chi connectivity index (χ2v) is 4.37. The Morgan fingerprint density at radius 3 is 2.61 bits per heavy atom. The summed E-state index contributed by atoms with van der Waals surface area (Å²) in [6.07, 6.45) is 2.15. The molecule has 0 atom stereocenters. The second kappa shape index (κ2) is 7.88. The summed E-state index contributed by atoms with van der Waals surface area (Å²) in [5, 5.41) is 11.0. The van der Waals surface area contributed by atoms with E-state index >= 15 is 0 Å². The number of hydroxylamine groups is 1. The molecule has 1 aliphatic rings. The van der Waals surface area contributed by atoms with Gasteiger partial charge in [0.1, 0.15) is 0 Å². The number of carboxylic acids is 1. The third-order valence-corrected chi connectivity index (χ3v) is 3.07. The predicted octanol–water partition coefficient (Wildman–Crippen LogP) is 0.0337. The lowest BCUT2D eigenvalue weighted by molar-refractivity contribution is -0.144. The summed E-state index contributed by atoms with van der Waals surface area (Å²) in [7, 11) is 0. The molecule has 7 nitrogen and oxygen atoms in total. The number of amides is 2. The fourth-order valence-corrected chi connectivity index (χ4v) is 1.94. The van der Waals surface area contributed by atoms with Gasteiger partial charge in [0.15, 0.2) is 6.61 Å². The lowest BCUT2D eigenvalue weighted by Crippen LogP contribution is -2.42. The molecule has 2 amide bonds. The Morgan fingerprint density at radius 1 is 1.39 bits per heavy atom. The largest absolute Gasteiger partial charge is 0.479 e. The van der Waals surface area contributed by atoms with E-state index in [0.29, 0.717) is 12.5 Å². The zero-order valence-corrected chi connectivity index (χ0v) is 10.6. The van der Waals surface area contributed by atoms with Gasteiger partial charge in [-0.15, -0.1) is 0 Å². The number of carboxylic acid groups (broad SMARTS) is 1. The van der Waals surface area contributed by atoms with Gasteiger partial charge < -0.3 is 15.3 Å². The minimum atomic E-state index is -1.12. The van der Waals surface area contributed by atoms with Crippen LogP contribution in [0.3, 0.4) is 0 Å². The number of piperidine rings is 1. The molecule has 0 bridgehead atoms. The molecule has 18 heavy (non-hydrogen) atoms. The number of likely N-dealkylation sites (tertiary alicyclic amines) is 1. The van der Waals surface area contributed by atoms with Gasteiger partial charge in [-0.25, -0.2) is 15.1 Å². The highest BCUT2D eigenvalue weighted by Crippen LogP contribution is 2.15. The van der Waals surface area contributed by atoms with Gasteiger partial charge in [-0.2, -0.15) is 0 Å². The number of carbonyl (C=O) groups is 2. The number of aliphatic carboxylic acids is 1. The fourth-order valence-electron chi connectivity index (χ4n) is 1.94. The molecule has 0 aromatic carbocycles. The maximum Gasteiger partial charge on any atom is 0.338 e. The maximum atomic E-state index is 11.2. The van der Waals surface area contributed by atoms with Crippen molar-refractivity contribution in [3.63, 3.8) is 0 Å². The molecule has 1 aliphatic heterocycles. The summed E-state index contributed by atoms with van der Waals surface area (Å²) in [6, 6.07) is -0.492. The van der Waals surface area contributed by atoms with E-state index in [1.165, 1.54) is 0 Å². The Morgan fingerprint density at radius 2 is 2.06 bits per heavy atom. The standard InChI is InChI=1S/C11H21N3O4/c1-2-14-5-3-9(4-6-14)7-12-11(17)13-18-8-10(15)16/h9H,2-8H2,1H3,(H,15,16)(H2,12,13,17). The number of hydrogen-bond acceptors (Lipinski definition) is 4. The minimum Gasteiger partial charge on any atom is -0.479 e. The van der Waals surface area contributed by atoms with E-state index in [1.807, 2.05) is 5.48 Å². The highest BCUT2D eigenvalue weighted by atomic mass is 16.7. The average Bonchev–Trinajstić information content (AvgIpc) is 2.36. The molecule has 7 heteroatoms. The number of urea groups is 1. The molecular formula is C11H21N3O4. The molecular weight excluding hydrogens is 238 g/mol. The first-order valence-electron chi connectivity index (χ1n) is 6.21.